The first-order valence-electron chi connectivity index (χ1n) is 6.48. The Morgan fingerprint density at radius 3 is 2.50 bits per heavy atom. The van der Waals surface area contributed by atoms with E-state index in [1.54, 1.807) is 0 Å². The molecule has 1 aromatic rings. The van der Waals surface area contributed by atoms with Gasteiger partial charge < -0.3 is 25.2 Å². The van der Waals surface area contributed by atoms with E-state index in [2.05, 4.69) is 0 Å². The topological polar surface area (TPSA) is 124 Å². The minimum Gasteiger partial charge on any atom is -0.507 e. The average molecular weight is 304 g/mol. The van der Waals surface area contributed by atoms with E-state index in [0.717, 1.165) is 6.08 Å². The Bertz CT molecular complexity index is 744. The fraction of sp³-hybridized carbons (Fsp3) is 0.200. The maximum absolute atomic E-state index is 11.9. The van der Waals surface area contributed by atoms with E-state index in [-0.39, 0.29) is 23.5 Å². The van der Waals surface area contributed by atoms with Gasteiger partial charge in [0, 0.05) is 18.1 Å². The Morgan fingerprint density at radius 1 is 1.09 bits per heavy atom. The van der Waals surface area contributed by atoms with Crippen molar-refractivity contribution in [3.05, 3.63) is 46.9 Å². The summed E-state index contributed by atoms with van der Waals surface area (Å²) in [6, 6.07) is 3.83. The zero-order chi connectivity index (χ0) is 16.0. The van der Waals surface area contributed by atoms with Crippen LogP contribution in [0.4, 0.5) is 0 Å². The molecule has 0 amide bonds. The predicted octanol–water partition coefficient (Wildman–Crippen LogP) is 0.768. The van der Waals surface area contributed by atoms with Gasteiger partial charge in [-0.3, -0.25) is 9.59 Å². The van der Waals surface area contributed by atoms with Crippen molar-refractivity contribution in [2.24, 2.45) is 0 Å². The lowest BCUT2D eigenvalue weighted by atomic mass is 9.89. The van der Waals surface area contributed by atoms with E-state index in [9.17, 15) is 30.0 Å². The lowest BCUT2D eigenvalue weighted by Crippen LogP contribution is -2.34. The molecule has 114 valence electrons. The molecule has 7 heteroatoms. The number of aliphatic hydroxyl groups excluding tert-OH is 2. The van der Waals surface area contributed by atoms with Crippen LogP contribution in [0.2, 0.25) is 0 Å². The molecule has 2 aliphatic rings. The molecule has 2 atom stereocenters. The Kier molecular flexibility index (Phi) is 3.14. The Morgan fingerprint density at radius 2 is 1.82 bits per heavy atom. The van der Waals surface area contributed by atoms with Crippen LogP contribution in [0.1, 0.15) is 18.1 Å². The van der Waals surface area contributed by atoms with E-state index >= 15 is 0 Å². The summed E-state index contributed by atoms with van der Waals surface area (Å²) >= 11 is 0. The summed E-state index contributed by atoms with van der Waals surface area (Å²) in [6.07, 6.45) is -1.39. The van der Waals surface area contributed by atoms with Gasteiger partial charge in [0.05, 0.1) is 6.10 Å². The van der Waals surface area contributed by atoms with Gasteiger partial charge in [-0.1, -0.05) is 6.07 Å². The Labute approximate surface area is 124 Å². The van der Waals surface area contributed by atoms with Gasteiger partial charge in [0.2, 0.25) is 5.78 Å². The number of hydrogen-bond acceptors (Lipinski definition) is 7. The molecule has 1 aromatic carbocycles. The minimum atomic E-state index is -1.10. The van der Waals surface area contributed by atoms with Crippen molar-refractivity contribution in [2.45, 2.75) is 18.6 Å². The van der Waals surface area contributed by atoms with Crippen LogP contribution >= 0.6 is 0 Å². The molecule has 1 heterocycles. The van der Waals surface area contributed by atoms with Crippen molar-refractivity contribution >= 4 is 11.6 Å². The third-order valence-corrected chi connectivity index (χ3v) is 3.62. The number of rotatable bonds is 1. The second-order valence-electron chi connectivity index (χ2n) is 5.09. The van der Waals surface area contributed by atoms with Crippen molar-refractivity contribution in [2.75, 3.05) is 0 Å². The number of ether oxygens (including phenoxy) is 1. The van der Waals surface area contributed by atoms with Crippen LogP contribution in [-0.4, -0.2) is 38.1 Å². The highest BCUT2D eigenvalue weighted by Crippen LogP contribution is 2.40. The van der Waals surface area contributed by atoms with Gasteiger partial charge in [0.15, 0.2) is 23.4 Å². The standard InChI is InChI=1S/C15H12O7/c16-8-2-1-6(3-10(8)18)14-12(20)4-7-9(17)5-11(19)13(21)15(7)22-14/h1-3,5,12,14,16-18,20H,4H2/t12-,14-/m1/s1. The largest absolute Gasteiger partial charge is 0.507 e. The van der Waals surface area contributed by atoms with Crippen LogP contribution < -0.4 is 0 Å². The highest BCUT2D eigenvalue weighted by atomic mass is 16.5. The Hall–Kier alpha value is -2.80. The lowest BCUT2D eigenvalue weighted by molar-refractivity contribution is -0.136. The third kappa shape index (κ3) is 2.11. The van der Waals surface area contributed by atoms with Gasteiger partial charge >= 0.3 is 0 Å². The highest BCUT2D eigenvalue weighted by Gasteiger charge is 2.40. The molecular formula is C15H12O7. The molecule has 7 nitrogen and oxygen atoms in total. The van der Waals surface area contributed by atoms with Crippen LogP contribution in [0.5, 0.6) is 11.5 Å². The number of ketones is 2. The van der Waals surface area contributed by atoms with Crippen molar-refractivity contribution in [1.29, 1.82) is 0 Å². The van der Waals surface area contributed by atoms with Crippen molar-refractivity contribution < 1.29 is 34.8 Å². The summed E-state index contributed by atoms with van der Waals surface area (Å²) in [7, 11) is 0. The molecule has 0 aromatic heterocycles. The van der Waals surface area contributed by atoms with Gasteiger partial charge in [-0.25, -0.2) is 0 Å². The van der Waals surface area contributed by atoms with Crippen LogP contribution in [0.3, 0.4) is 0 Å². The molecule has 0 saturated carbocycles. The van der Waals surface area contributed by atoms with Gasteiger partial charge in [-0.2, -0.15) is 0 Å². The number of hydrogen-bond donors (Lipinski definition) is 4. The number of Topliss-reactive ketones (excluding diaryl/α,β-unsaturated/α-hetero) is 1. The van der Waals surface area contributed by atoms with Crippen molar-refractivity contribution in [1.82, 2.24) is 0 Å². The summed E-state index contributed by atoms with van der Waals surface area (Å²) in [5, 5.41) is 38.7. The number of allylic oxidation sites excluding steroid dienone is 3. The number of aromatic hydroxyl groups is 2. The van der Waals surface area contributed by atoms with E-state index in [4.69, 9.17) is 4.74 Å². The molecular weight excluding hydrogens is 292 g/mol. The van der Waals surface area contributed by atoms with Crippen LogP contribution in [-0.2, 0) is 14.3 Å². The SMILES string of the molecule is O=C1C=C(O)C2=C(O[C@H](c3ccc(O)c(O)c3)[C@H](O)C2)C1=O. The number of benzene rings is 1. The first kappa shape index (κ1) is 14.2. The minimum absolute atomic E-state index is 0.0800. The summed E-state index contributed by atoms with van der Waals surface area (Å²) in [5.74, 6) is -3.23. The number of aliphatic hydroxyl groups is 2. The molecule has 0 bridgehead atoms. The van der Waals surface area contributed by atoms with Gasteiger partial charge in [0.25, 0.3) is 5.78 Å². The highest BCUT2D eigenvalue weighted by molar-refractivity contribution is 6.48. The second kappa shape index (κ2) is 4.88. The second-order valence-corrected chi connectivity index (χ2v) is 5.09. The van der Waals surface area contributed by atoms with Crippen molar-refractivity contribution in [3.63, 3.8) is 0 Å². The van der Waals surface area contributed by atoms with E-state index in [1.165, 1.54) is 18.2 Å². The third-order valence-electron chi connectivity index (χ3n) is 3.62. The summed E-state index contributed by atoms with van der Waals surface area (Å²) in [4.78, 5) is 23.3. The molecule has 22 heavy (non-hydrogen) atoms. The number of phenolic OH excluding ortho intramolecular Hbond substituents is 2. The number of phenols is 2. The molecule has 0 radical (unpaired) electrons. The molecule has 1 aliphatic carbocycles. The van der Waals surface area contributed by atoms with Crippen molar-refractivity contribution in [3.8, 4) is 11.5 Å². The van der Waals surface area contributed by atoms with Gasteiger partial charge in [0.1, 0.15) is 5.76 Å². The number of carbonyl (C=O) groups is 2. The summed E-state index contributed by atoms with van der Waals surface area (Å²) < 4.78 is 5.40. The monoisotopic (exact) mass is 304 g/mol. The molecule has 4 N–H and O–H groups in total. The number of carbonyl (C=O) groups excluding carboxylic acids is 2. The molecule has 3 rings (SSSR count). The smallest absolute Gasteiger partial charge is 0.267 e. The maximum Gasteiger partial charge on any atom is 0.267 e. The zero-order valence-corrected chi connectivity index (χ0v) is 11.2. The molecule has 0 saturated heterocycles. The Balaban J connectivity index is 2.00. The van der Waals surface area contributed by atoms with E-state index in [0.29, 0.717) is 5.56 Å². The fourth-order valence-electron chi connectivity index (χ4n) is 2.49. The summed E-state index contributed by atoms with van der Waals surface area (Å²) in [6.45, 7) is 0. The normalized spacial score (nSPS) is 24.7. The predicted molar refractivity (Wildman–Crippen MR) is 72.0 cm³/mol. The fourth-order valence-corrected chi connectivity index (χ4v) is 2.49. The lowest BCUT2D eigenvalue weighted by Gasteiger charge is -2.32. The summed E-state index contributed by atoms with van der Waals surface area (Å²) in [5.41, 5.74) is 0.403. The average Bonchev–Trinajstić information content (AvgIpc) is 2.47. The molecule has 0 unspecified atom stereocenters. The first-order valence-corrected chi connectivity index (χ1v) is 6.48. The van der Waals surface area contributed by atoms with Crippen LogP contribution in [0.15, 0.2) is 41.4 Å². The molecule has 1 aliphatic heterocycles. The molecule has 0 spiro atoms. The maximum atomic E-state index is 11.9. The molecule has 0 fully saturated rings. The van der Waals surface area contributed by atoms with Crippen LogP contribution in [0.25, 0.3) is 0 Å². The van der Waals surface area contributed by atoms with E-state index < -0.39 is 35.3 Å². The first-order chi connectivity index (χ1) is 10.4. The van der Waals surface area contributed by atoms with Crippen LogP contribution in [0, 0.1) is 0 Å². The van der Waals surface area contributed by atoms with E-state index in [1.807, 2.05) is 0 Å². The quantitative estimate of drug-likeness (QED) is 0.343. The zero-order valence-electron chi connectivity index (χ0n) is 11.2. The van der Waals surface area contributed by atoms with Gasteiger partial charge in [-0.05, 0) is 17.7 Å². The van der Waals surface area contributed by atoms with Gasteiger partial charge in [-0.15, -0.1) is 0 Å².